The summed E-state index contributed by atoms with van der Waals surface area (Å²) in [5.41, 5.74) is 2.15. The maximum Gasteiger partial charge on any atom is 0.182 e. The number of nitrogens with zero attached hydrogens (tertiary/aromatic N) is 5. The van der Waals surface area contributed by atoms with E-state index >= 15 is 0 Å². The molecule has 8 nitrogen and oxygen atoms in total. The number of ether oxygens (including phenoxy) is 2. The summed E-state index contributed by atoms with van der Waals surface area (Å²) in [5, 5.41) is 9.10. The van der Waals surface area contributed by atoms with Crippen molar-refractivity contribution in [3.05, 3.63) is 59.7 Å². The summed E-state index contributed by atoms with van der Waals surface area (Å²) >= 11 is 0. The van der Waals surface area contributed by atoms with Gasteiger partial charge in [-0.25, -0.2) is 15.0 Å². The van der Waals surface area contributed by atoms with Crippen LogP contribution in [0.4, 0.5) is 0 Å². The van der Waals surface area contributed by atoms with E-state index < -0.39 is 0 Å². The third kappa shape index (κ3) is 4.74. The van der Waals surface area contributed by atoms with Crippen LogP contribution < -0.4 is 9.47 Å². The van der Waals surface area contributed by atoms with Gasteiger partial charge in [-0.2, -0.15) is 5.26 Å². The molecule has 3 heterocycles. The fourth-order valence-electron chi connectivity index (χ4n) is 3.69. The van der Waals surface area contributed by atoms with Crippen molar-refractivity contribution in [3.63, 3.8) is 0 Å². The molecular weight excluding hydrogens is 430 g/mol. The zero-order chi connectivity index (χ0) is 23.9. The lowest BCUT2D eigenvalue weighted by atomic mass is 10.1. The van der Waals surface area contributed by atoms with Crippen LogP contribution in [0.15, 0.2) is 53.3 Å². The van der Waals surface area contributed by atoms with Crippen LogP contribution in [0.1, 0.15) is 44.0 Å². The van der Waals surface area contributed by atoms with Crippen LogP contribution in [0, 0.1) is 11.3 Å². The molecule has 0 radical (unpaired) electrons. The molecule has 172 valence electrons. The van der Waals surface area contributed by atoms with E-state index in [1.165, 1.54) is 6.20 Å². The van der Waals surface area contributed by atoms with Crippen LogP contribution in [0.25, 0.3) is 23.3 Å². The number of carbonyl (C=O) groups is 1. The first-order valence-electron chi connectivity index (χ1n) is 11.2. The zero-order valence-electron chi connectivity index (χ0n) is 19.2. The van der Waals surface area contributed by atoms with Gasteiger partial charge >= 0.3 is 0 Å². The number of imidazole rings is 1. The predicted molar refractivity (Wildman–Crippen MR) is 131 cm³/mol. The molecule has 4 rings (SSSR count). The van der Waals surface area contributed by atoms with Crippen LogP contribution in [0.5, 0.6) is 11.5 Å². The molecule has 0 fully saturated rings. The number of Topliss-reactive ketones (excluding diaryl/α,β-unsaturated/α-hetero) is 1. The molecule has 0 N–H and O–H groups in total. The summed E-state index contributed by atoms with van der Waals surface area (Å²) in [6.45, 7) is 2.75. The van der Waals surface area contributed by atoms with Crippen molar-refractivity contribution < 1.29 is 14.3 Å². The fourth-order valence-corrected chi connectivity index (χ4v) is 3.69. The highest BCUT2D eigenvalue weighted by Crippen LogP contribution is 2.33. The largest absolute Gasteiger partial charge is 0.493 e. The summed E-state index contributed by atoms with van der Waals surface area (Å²) in [7, 11) is 1.62. The second kappa shape index (κ2) is 10.6. The number of aromatic nitrogens is 3. The molecule has 1 aliphatic heterocycles. The number of para-hydroxylation sites is 1. The number of carbonyl (C=O) groups excluding carboxylic acids is 1. The number of benzene rings is 1. The Bertz CT molecular complexity index is 1340. The Morgan fingerprint density at radius 2 is 2.09 bits per heavy atom. The van der Waals surface area contributed by atoms with Gasteiger partial charge in [-0.3, -0.25) is 9.36 Å². The standard InChI is InChI=1S/C26H25N5O3/c1-3-4-5-14-34-25-18(8-6-10-22(25)33-2)11-12-23-30-20-9-7-13-28-26(20)31(23)24-15-21(32)19(16-27)17-29-24/h6-13,17H,3-5,14-15H2,1-2H3/b12-11+. The van der Waals surface area contributed by atoms with Crippen molar-refractivity contribution in [1.82, 2.24) is 14.5 Å². The number of hydrogen-bond acceptors (Lipinski definition) is 7. The smallest absolute Gasteiger partial charge is 0.182 e. The zero-order valence-corrected chi connectivity index (χ0v) is 19.2. The van der Waals surface area contributed by atoms with Gasteiger partial charge in [-0.1, -0.05) is 31.9 Å². The van der Waals surface area contributed by atoms with Crippen molar-refractivity contribution >= 4 is 34.9 Å². The van der Waals surface area contributed by atoms with E-state index in [0.717, 1.165) is 24.8 Å². The van der Waals surface area contributed by atoms with Crippen molar-refractivity contribution in [1.29, 1.82) is 5.26 Å². The molecule has 0 atom stereocenters. The number of pyridine rings is 1. The molecule has 1 aliphatic rings. The first-order valence-corrected chi connectivity index (χ1v) is 11.2. The van der Waals surface area contributed by atoms with Gasteiger partial charge in [0.2, 0.25) is 0 Å². The first kappa shape index (κ1) is 22.9. The quantitative estimate of drug-likeness (QED) is 0.452. The normalized spacial score (nSPS) is 13.6. The third-order valence-electron chi connectivity index (χ3n) is 5.42. The highest BCUT2D eigenvalue weighted by molar-refractivity contribution is 6.14. The van der Waals surface area contributed by atoms with Crippen molar-refractivity contribution in [2.75, 3.05) is 13.7 Å². The molecule has 3 aromatic rings. The number of ketones is 1. The summed E-state index contributed by atoms with van der Waals surface area (Å²) in [6.07, 6.45) is 9.87. The van der Waals surface area contributed by atoms with Crippen molar-refractivity contribution in [2.45, 2.75) is 32.6 Å². The lowest BCUT2D eigenvalue weighted by molar-refractivity contribution is -0.114. The van der Waals surface area contributed by atoms with Crippen LogP contribution >= 0.6 is 0 Å². The predicted octanol–water partition coefficient (Wildman–Crippen LogP) is 4.81. The molecule has 0 amide bonds. The summed E-state index contributed by atoms with van der Waals surface area (Å²) in [6, 6.07) is 11.3. The number of rotatable bonds is 8. The van der Waals surface area contributed by atoms with Gasteiger partial charge in [0.25, 0.3) is 0 Å². The average Bonchev–Trinajstić information content (AvgIpc) is 3.24. The molecule has 0 saturated carbocycles. The number of fused-ring (bicyclic) bond motifs is 1. The van der Waals surface area contributed by atoms with E-state index in [9.17, 15) is 4.79 Å². The molecular formula is C26H25N5O3. The Hall–Kier alpha value is -4.25. The highest BCUT2D eigenvalue weighted by atomic mass is 16.5. The second-order valence-corrected chi connectivity index (χ2v) is 7.72. The van der Waals surface area contributed by atoms with Gasteiger partial charge in [0.1, 0.15) is 28.8 Å². The number of methoxy groups -OCH3 is 1. The number of allylic oxidation sites excluding steroid dienone is 1. The SMILES string of the molecule is CCCCCOc1c(/C=C/c2nc3cccnc3n2C2=NC=C(C#N)C(=O)C2)cccc1OC. The fraction of sp³-hybridized carbons (Fsp3) is 0.269. The van der Waals surface area contributed by atoms with E-state index in [1.807, 2.05) is 42.5 Å². The lowest BCUT2D eigenvalue weighted by Crippen LogP contribution is -2.21. The van der Waals surface area contributed by atoms with Gasteiger partial charge in [0.15, 0.2) is 22.9 Å². The number of unbranched alkanes of at least 4 members (excludes halogenated alkanes) is 2. The maximum atomic E-state index is 12.3. The van der Waals surface area contributed by atoms with Gasteiger partial charge in [0.05, 0.1) is 26.3 Å². The Morgan fingerprint density at radius 3 is 2.85 bits per heavy atom. The van der Waals surface area contributed by atoms with Gasteiger partial charge in [0, 0.05) is 11.8 Å². The molecule has 34 heavy (non-hydrogen) atoms. The van der Waals surface area contributed by atoms with Crippen LogP contribution in [0.2, 0.25) is 0 Å². The van der Waals surface area contributed by atoms with Crippen LogP contribution in [-0.2, 0) is 4.79 Å². The van der Waals surface area contributed by atoms with E-state index in [-0.39, 0.29) is 17.8 Å². The summed E-state index contributed by atoms with van der Waals surface area (Å²) in [4.78, 5) is 25.8. The Morgan fingerprint density at radius 1 is 1.21 bits per heavy atom. The molecule has 0 saturated heterocycles. The van der Waals surface area contributed by atoms with Crippen molar-refractivity contribution in [3.8, 4) is 17.6 Å². The Kier molecular flexibility index (Phi) is 7.13. The molecule has 0 unspecified atom stereocenters. The molecule has 8 heteroatoms. The second-order valence-electron chi connectivity index (χ2n) is 7.72. The molecule has 0 spiro atoms. The molecule has 0 bridgehead atoms. The minimum atomic E-state index is -0.282. The highest BCUT2D eigenvalue weighted by Gasteiger charge is 2.22. The van der Waals surface area contributed by atoms with E-state index in [1.54, 1.807) is 23.9 Å². The molecule has 1 aromatic carbocycles. The number of nitriles is 1. The minimum absolute atomic E-state index is 0.00673. The lowest BCUT2D eigenvalue weighted by Gasteiger charge is -2.14. The third-order valence-corrected chi connectivity index (χ3v) is 5.42. The van der Waals surface area contributed by atoms with Gasteiger partial charge in [-0.15, -0.1) is 0 Å². The number of hydrogen-bond donors (Lipinski definition) is 0. The van der Waals surface area contributed by atoms with Crippen LogP contribution in [-0.4, -0.2) is 39.9 Å². The van der Waals surface area contributed by atoms with E-state index in [0.29, 0.717) is 40.9 Å². The maximum absolute atomic E-state index is 12.3. The van der Waals surface area contributed by atoms with E-state index in [4.69, 9.17) is 14.7 Å². The Balaban J connectivity index is 1.74. The molecule has 2 aromatic heterocycles. The van der Waals surface area contributed by atoms with Gasteiger partial charge in [-0.05, 0) is 36.8 Å². The summed E-state index contributed by atoms with van der Waals surface area (Å²) in [5.74, 6) is 2.08. The first-order chi connectivity index (χ1) is 16.7. The van der Waals surface area contributed by atoms with E-state index in [2.05, 4.69) is 21.9 Å². The minimum Gasteiger partial charge on any atom is -0.493 e. The van der Waals surface area contributed by atoms with Gasteiger partial charge < -0.3 is 9.47 Å². The topological polar surface area (TPSA) is 102 Å². The number of aliphatic imine (C=N–C) groups is 1. The Labute approximate surface area is 197 Å². The van der Waals surface area contributed by atoms with Crippen LogP contribution in [0.3, 0.4) is 0 Å². The molecule has 0 aliphatic carbocycles. The monoisotopic (exact) mass is 455 g/mol. The average molecular weight is 456 g/mol. The summed E-state index contributed by atoms with van der Waals surface area (Å²) < 4.78 is 13.3. The van der Waals surface area contributed by atoms with Crippen molar-refractivity contribution in [2.24, 2.45) is 4.99 Å².